The zero-order valence-electron chi connectivity index (χ0n) is 29.4. The van der Waals surface area contributed by atoms with Crippen molar-refractivity contribution in [1.82, 2.24) is 14.5 Å². The highest BCUT2D eigenvalue weighted by Crippen LogP contribution is 2.40. The van der Waals surface area contributed by atoms with E-state index in [1.165, 1.54) is 82.6 Å². The van der Waals surface area contributed by atoms with Crippen LogP contribution in [0, 0.1) is 20.8 Å². The van der Waals surface area contributed by atoms with Crippen LogP contribution in [-0.4, -0.2) is 14.5 Å². The van der Waals surface area contributed by atoms with Crippen LogP contribution in [0.15, 0.2) is 158 Å². The number of nitrogens with zero attached hydrogens (tertiary/aromatic N) is 3. The first-order valence-electron chi connectivity index (χ1n) is 17.9. The largest absolute Gasteiger partial charge is 0.309 e. The van der Waals surface area contributed by atoms with E-state index in [4.69, 9.17) is 9.97 Å². The predicted octanol–water partition coefficient (Wildman–Crippen LogP) is 13.0. The van der Waals surface area contributed by atoms with Crippen molar-refractivity contribution < 1.29 is 0 Å². The van der Waals surface area contributed by atoms with Gasteiger partial charge in [0.15, 0.2) is 0 Å². The van der Waals surface area contributed by atoms with Crippen LogP contribution in [0.25, 0.3) is 93.5 Å². The Morgan fingerprint density at radius 3 is 1.58 bits per heavy atom. The number of para-hydroxylation sites is 1. The molecule has 3 nitrogen and oxygen atoms in total. The molecule has 0 N–H and O–H groups in total. The van der Waals surface area contributed by atoms with E-state index >= 15 is 0 Å². The molecule has 10 rings (SSSR count). The monoisotopic (exact) mass is 665 g/mol. The molecule has 0 aliphatic carbocycles. The molecule has 0 saturated carbocycles. The van der Waals surface area contributed by atoms with Crippen LogP contribution in [0.2, 0.25) is 0 Å². The van der Waals surface area contributed by atoms with Gasteiger partial charge in [-0.25, -0.2) is 0 Å². The Hall–Kier alpha value is -6.58. The van der Waals surface area contributed by atoms with Crippen molar-refractivity contribution in [2.75, 3.05) is 0 Å². The van der Waals surface area contributed by atoms with Gasteiger partial charge in [0.05, 0.1) is 22.1 Å². The maximum Gasteiger partial charge on any atom is 0.0971 e. The molecule has 0 amide bonds. The minimum atomic E-state index is 0.940. The van der Waals surface area contributed by atoms with Crippen molar-refractivity contribution in [3.8, 4) is 39.1 Å². The first-order valence-corrected chi connectivity index (χ1v) is 17.9. The number of aryl methyl sites for hydroxylation is 3. The number of hydrogen-bond donors (Lipinski definition) is 0. The fourth-order valence-corrected chi connectivity index (χ4v) is 8.54. The van der Waals surface area contributed by atoms with E-state index in [2.05, 4.69) is 171 Å². The van der Waals surface area contributed by atoms with Crippen molar-refractivity contribution in [2.24, 2.45) is 0 Å². The minimum Gasteiger partial charge on any atom is -0.309 e. The lowest BCUT2D eigenvalue weighted by Crippen LogP contribution is -1.93. The molecule has 0 saturated heterocycles. The number of aromatic nitrogens is 3. The minimum absolute atomic E-state index is 0.940. The molecule has 52 heavy (non-hydrogen) atoms. The van der Waals surface area contributed by atoms with Gasteiger partial charge >= 0.3 is 0 Å². The molecule has 2 heterocycles. The summed E-state index contributed by atoms with van der Waals surface area (Å²) < 4.78 is 2.40. The molecule has 0 unspecified atom stereocenters. The molecule has 246 valence electrons. The fourth-order valence-electron chi connectivity index (χ4n) is 8.54. The van der Waals surface area contributed by atoms with Crippen molar-refractivity contribution in [3.05, 3.63) is 175 Å². The van der Waals surface area contributed by atoms with Gasteiger partial charge < -0.3 is 4.57 Å². The summed E-state index contributed by atoms with van der Waals surface area (Å²) >= 11 is 0. The summed E-state index contributed by atoms with van der Waals surface area (Å²) in [6.45, 7) is 6.63. The van der Waals surface area contributed by atoms with E-state index in [1.807, 2.05) is 0 Å². The van der Waals surface area contributed by atoms with Gasteiger partial charge in [0.2, 0.25) is 0 Å². The van der Waals surface area contributed by atoms with Gasteiger partial charge in [0, 0.05) is 39.6 Å². The number of benzene rings is 8. The molecule has 2 aromatic heterocycles. The zero-order chi connectivity index (χ0) is 34.9. The van der Waals surface area contributed by atoms with Gasteiger partial charge in [-0.15, -0.1) is 0 Å². The average Bonchev–Trinajstić information content (AvgIpc) is 3.51. The summed E-state index contributed by atoms with van der Waals surface area (Å²) in [5.41, 5.74) is 16.7. The Kier molecular flexibility index (Phi) is 6.84. The zero-order valence-corrected chi connectivity index (χ0v) is 29.4. The van der Waals surface area contributed by atoms with E-state index in [1.54, 1.807) is 12.4 Å². The lowest BCUT2D eigenvalue weighted by atomic mass is 9.92. The SMILES string of the molecule is Cc1cc(C)c(-c2ccc3c(c2)c2cc(-c4cccc(-c5ccc6c(c5)c5ccccc5c5nccnc65)c4)ccc2n3-c2ccccc2)c(C)c1. The molecule has 0 atom stereocenters. The van der Waals surface area contributed by atoms with Gasteiger partial charge in [0.1, 0.15) is 0 Å². The second-order valence-electron chi connectivity index (χ2n) is 14.0. The molecule has 0 aliphatic rings. The average molecular weight is 666 g/mol. The lowest BCUT2D eigenvalue weighted by Gasteiger charge is -2.12. The molecule has 0 radical (unpaired) electrons. The van der Waals surface area contributed by atoms with Gasteiger partial charge in [-0.2, -0.15) is 0 Å². The third-order valence-electron chi connectivity index (χ3n) is 10.7. The van der Waals surface area contributed by atoms with Crippen LogP contribution >= 0.6 is 0 Å². The summed E-state index contributed by atoms with van der Waals surface area (Å²) in [6, 6.07) is 53.4. The van der Waals surface area contributed by atoms with E-state index in [-0.39, 0.29) is 0 Å². The summed E-state index contributed by atoms with van der Waals surface area (Å²) in [5, 5.41) is 7.14. The van der Waals surface area contributed by atoms with Crippen LogP contribution in [0.4, 0.5) is 0 Å². The maximum atomic E-state index is 4.75. The van der Waals surface area contributed by atoms with E-state index in [0.717, 1.165) is 27.5 Å². The van der Waals surface area contributed by atoms with Crippen LogP contribution in [-0.2, 0) is 0 Å². The molecular weight excluding hydrogens is 631 g/mol. The van der Waals surface area contributed by atoms with Crippen molar-refractivity contribution in [1.29, 1.82) is 0 Å². The van der Waals surface area contributed by atoms with E-state index in [9.17, 15) is 0 Å². The standard InChI is InChI=1S/C49H35N3/c1-30-24-31(2)47(32(3)25-30)37-18-21-46-44(29-37)43-28-36(17-20-45(43)52(46)38-12-5-4-6-13-38)34-11-9-10-33(26-34)35-16-19-41-42(27-35)39-14-7-8-15-40(39)48-49(41)51-23-22-50-48/h4-29H,1-3H3. The van der Waals surface area contributed by atoms with Crippen LogP contribution in [0.3, 0.4) is 0 Å². The Balaban J connectivity index is 1.15. The highest BCUT2D eigenvalue weighted by molar-refractivity contribution is 6.23. The summed E-state index contributed by atoms with van der Waals surface area (Å²) in [7, 11) is 0. The molecule has 3 heteroatoms. The number of hydrogen-bond acceptors (Lipinski definition) is 2. The first kappa shape index (κ1) is 30.3. The van der Waals surface area contributed by atoms with Gasteiger partial charge in [-0.3, -0.25) is 9.97 Å². The van der Waals surface area contributed by atoms with Crippen LogP contribution < -0.4 is 0 Å². The fraction of sp³-hybridized carbons (Fsp3) is 0.0612. The number of fused-ring (bicyclic) bond motifs is 9. The van der Waals surface area contributed by atoms with Gasteiger partial charge in [0.25, 0.3) is 0 Å². The highest BCUT2D eigenvalue weighted by atomic mass is 15.0. The van der Waals surface area contributed by atoms with Crippen molar-refractivity contribution >= 4 is 54.4 Å². The molecule has 0 fully saturated rings. The van der Waals surface area contributed by atoms with Gasteiger partial charge in [-0.05, 0) is 125 Å². The molecule has 10 aromatic rings. The van der Waals surface area contributed by atoms with Crippen LogP contribution in [0.1, 0.15) is 16.7 Å². The van der Waals surface area contributed by atoms with Crippen molar-refractivity contribution in [3.63, 3.8) is 0 Å². The second kappa shape index (κ2) is 11.8. The molecule has 0 spiro atoms. The first-order chi connectivity index (χ1) is 25.5. The van der Waals surface area contributed by atoms with Gasteiger partial charge in [-0.1, -0.05) is 103 Å². The normalized spacial score (nSPS) is 11.8. The lowest BCUT2D eigenvalue weighted by molar-refractivity contribution is 1.18. The summed E-state index contributed by atoms with van der Waals surface area (Å²) in [5.74, 6) is 0. The Bertz CT molecular complexity index is 2980. The molecular formula is C49H35N3. The molecule has 0 aliphatic heterocycles. The van der Waals surface area contributed by atoms with E-state index in [0.29, 0.717) is 0 Å². The second-order valence-corrected chi connectivity index (χ2v) is 14.0. The maximum absolute atomic E-state index is 4.75. The Morgan fingerprint density at radius 1 is 0.385 bits per heavy atom. The van der Waals surface area contributed by atoms with Crippen molar-refractivity contribution in [2.45, 2.75) is 20.8 Å². The highest BCUT2D eigenvalue weighted by Gasteiger charge is 2.17. The smallest absolute Gasteiger partial charge is 0.0971 e. The third kappa shape index (κ3) is 4.74. The quantitative estimate of drug-likeness (QED) is 0.175. The number of rotatable bonds is 4. The molecule has 8 aromatic carbocycles. The Labute approximate surface area is 302 Å². The summed E-state index contributed by atoms with van der Waals surface area (Å²) in [6.07, 6.45) is 3.56. The topological polar surface area (TPSA) is 30.7 Å². The third-order valence-corrected chi connectivity index (χ3v) is 10.7. The predicted molar refractivity (Wildman–Crippen MR) is 219 cm³/mol. The van der Waals surface area contributed by atoms with E-state index < -0.39 is 0 Å². The van der Waals surface area contributed by atoms with Crippen LogP contribution in [0.5, 0.6) is 0 Å². The Morgan fingerprint density at radius 2 is 0.904 bits per heavy atom. The molecule has 0 bridgehead atoms. The summed E-state index contributed by atoms with van der Waals surface area (Å²) in [4.78, 5) is 9.46.